The highest BCUT2D eigenvalue weighted by Gasteiger charge is 2.31. The van der Waals surface area contributed by atoms with E-state index in [1.807, 2.05) is 30.3 Å². The van der Waals surface area contributed by atoms with Crippen LogP contribution >= 0.6 is 11.6 Å². The number of carbonyl (C=O) groups excluding carboxylic acids is 1. The molecule has 1 aromatic rings. The molecule has 1 fully saturated rings. The summed E-state index contributed by atoms with van der Waals surface area (Å²) in [6.07, 6.45) is 3.90. The van der Waals surface area contributed by atoms with E-state index in [0.29, 0.717) is 11.7 Å². The van der Waals surface area contributed by atoms with Gasteiger partial charge in [0.05, 0.1) is 0 Å². The van der Waals surface area contributed by atoms with Crippen molar-refractivity contribution in [1.29, 1.82) is 0 Å². The molecule has 2 heteroatoms. The summed E-state index contributed by atoms with van der Waals surface area (Å²) in [4.78, 5) is 12.1. The van der Waals surface area contributed by atoms with Crippen LogP contribution in [-0.4, -0.2) is 5.78 Å². The fourth-order valence-corrected chi connectivity index (χ4v) is 2.47. The van der Waals surface area contributed by atoms with Crippen LogP contribution in [0.15, 0.2) is 29.8 Å². The molecular weight excluding hydrogens is 232 g/mol. The first-order chi connectivity index (χ1) is 8.08. The summed E-state index contributed by atoms with van der Waals surface area (Å²) < 4.78 is 0. The third-order valence-corrected chi connectivity index (χ3v) is 3.65. The highest BCUT2D eigenvalue weighted by molar-refractivity contribution is 6.30. The van der Waals surface area contributed by atoms with Gasteiger partial charge in [0.2, 0.25) is 0 Å². The fourth-order valence-electron chi connectivity index (χ4n) is 2.34. The van der Waals surface area contributed by atoms with E-state index in [1.54, 1.807) is 0 Å². The van der Waals surface area contributed by atoms with Gasteiger partial charge in [0, 0.05) is 10.9 Å². The summed E-state index contributed by atoms with van der Waals surface area (Å²) in [7, 11) is 0. The molecule has 0 saturated heterocycles. The molecule has 0 heterocycles. The van der Waals surface area contributed by atoms with Crippen molar-refractivity contribution < 1.29 is 4.79 Å². The molecule has 0 radical (unpaired) electrons. The molecule has 17 heavy (non-hydrogen) atoms. The van der Waals surface area contributed by atoms with Gasteiger partial charge in [0.25, 0.3) is 0 Å². The predicted octanol–water partition coefficient (Wildman–Crippen LogP) is 4.36. The maximum absolute atomic E-state index is 12.1. The van der Waals surface area contributed by atoms with E-state index in [4.69, 9.17) is 11.6 Å². The Bertz CT molecular complexity index is 442. The van der Waals surface area contributed by atoms with Crippen LogP contribution in [0.3, 0.4) is 0 Å². The Morgan fingerprint density at radius 2 is 1.94 bits per heavy atom. The number of rotatable bonds is 2. The number of benzene rings is 1. The van der Waals surface area contributed by atoms with Gasteiger partial charge < -0.3 is 0 Å². The van der Waals surface area contributed by atoms with Crippen LogP contribution in [0.5, 0.6) is 0 Å². The molecule has 1 aliphatic rings. The first kappa shape index (κ1) is 12.4. The van der Waals surface area contributed by atoms with Gasteiger partial charge in [-0.05, 0) is 48.1 Å². The molecule has 1 saturated carbocycles. The third kappa shape index (κ3) is 2.78. The van der Waals surface area contributed by atoms with E-state index in [0.717, 1.165) is 29.0 Å². The zero-order valence-corrected chi connectivity index (χ0v) is 11.0. The Morgan fingerprint density at radius 1 is 1.29 bits per heavy atom. The van der Waals surface area contributed by atoms with Crippen molar-refractivity contribution in [2.75, 3.05) is 0 Å². The number of Topliss-reactive ketones (excluding diaryl/α,β-unsaturated/α-hetero) is 1. The van der Waals surface area contributed by atoms with Gasteiger partial charge in [-0.3, -0.25) is 4.79 Å². The number of hydrogen-bond acceptors (Lipinski definition) is 1. The van der Waals surface area contributed by atoms with Crippen molar-refractivity contribution >= 4 is 23.5 Å². The quantitative estimate of drug-likeness (QED) is 0.711. The van der Waals surface area contributed by atoms with Crippen molar-refractivity contribution in [3.8, 4) is 0 Å². The van der Waals surface area contributed by atoms with Gasteiger partial charge in [-0.25, -0.2) is 0 Å². The summed E-state index contributed by atoms with van der Waals surface area (Å²) in [5, 5.41) is 0.727. The van der Waals surface area contributed by atoms with Gasteiger partial charge >= 0.3 is 0 Å². The zero-order chi connectivity index (χ0) is 12.4. The molecule has 0 bridgehead atoms. The minimum absolute atomic E-state index is 0.216. The van der Waals surface area contributed by atoms with Crippen molar-refractivity contribution in [3.05, 3.63) is 40.4 Å². The van der Waals surface area contributed by atoms with Crippen LogP contribution in [0.25, 0.3) is 6.08 Å². The first-order valence-electron chi connectivity index (χ1n) is 6.08. The second kappa shape index (κ2) is 5.05. The van der Waals surface area contributed by atoms with E-state index in [2.05, 4.69) is 13.8 Å². The van der Waals surface area contributed by atoms with Crippen LogP contribution in [-0.2, 0) is 4.79 Å². The second-order valence-electron chi connectivity index (χ2n) is 4.97. The van der Waals surface area contributed by atoms with Crippen molar-refractivity contribution in [3.63, 3.8) is 0 Å². The maximum Gasteiger partial charge on any atom is 0.162 e. The minimum Gasteiger partial charge on any atom is -0.294 e. The molecule has 2 rings (SSSR count). The fraction of sp³-hybridized carbons (Fsp3) is 0.400. The van der Waals surface area contributed by atoms with E-state index in [1.165, 1.54) is 0 Å². The standard InChI is InChI=1S/C15H17ClO/c1-10(2)14-8-5-12(15(14)17)9-11-3-6-13(16)7-4-11/h3-4,6-7,9-10,14H,5,8H2,1-2H3. The van der Waals surface area contributed by atoms with Crippen LogP contribution in [0.4, 0.5) is 0 Å². The van der Waals surface area contributed by atoms with Gasteiger partial charge in [-0.2, -0.15) is 0 Å². The van der Waals surface area contributed by atoms with Gasteiger partial charge in [-0.15, -0.1) is 0 Å². The molecule has 1 aliphatic carbocycles. The lowest BCUT2D eigenvalue weighted by Crippen LogP contribution is -2.13. The number of halogens is 1. The molecule has 0 aliphatic heterocycles. The van der Waals surface area contributed by atoms with Crippen LogP contribution in [0.1, 0.15) is 32.3 Å². The molecular formula is C15H17ClO. The smallest absolute Gasteiger partial charge is 0.162 e. The molecule has 90 valence electrons. The monoisotopic (exact) mass is 248 g/mol. The molecule has 1 unspecified atom stereocenters. The topological polar surface area (TPSA) is 17.1 Å². The molecule has 0 amide bonds. The largest absolute Gasteiger partial charge is 0.294 e. The second-order valence-corrected chi connectivity index (χ2v) is 5.41. The Labute approximate surface area is 107 Å². The number of allylic oxidation sites excluding steroid dienone is 1. The summed E-state index contributed by atoms with van der Waals surface area (Å²) in [6.45, 7) is 4.24. The summed E-state index contributed by atoms with van der Waals surface area (Å²) in [5.41, 5.74) is 2.02. The van der Waals surface area contributed by atoms with Crippen LogP contribution < -0.4 is 0 Å². The SMILES string of the molecule is CC(C)C1CCC(=Cc2ccc(Cl)cc2)C1=O. The van der Waals surface area contributed by atoms with Crippen molar-refractivity contribution in [2.24, 2.45) is 11.8 Å². The minimum atomic E-state index is 0.216. The highest BCUT2D eigenvalue weighted by atomic mass is 35.5. The van der Waals surface area contributed by atoms with Gasteiger partial charge in [0.1, 0.15) is 0 Å². The normalized spacial score (nSPS) is 22.7. The third-order valence-electron chi connectivity index (χ3n) is 3.39. The van der Waals surface area contributed by atoms with Gasteiger partial charge in [-0.1, -0.05) is 37.6 Å². The van der Waals surface area contributed by atoms with Crippen LogP contribution in [0.2, 0.25) is 5.02 Å². The first-order valence-corrected chi connectivity index (χ1v) is 6.46. The predicted molar refractivity (Wildman–Crippen MR) is 72.0 cm³/mol. The molecule has 1 atom stereocenters. The Kier molecular flexibility index (Phi) is 3.68. The summed E-state index contributed by atoms with van der Waals surface area (Å²) in [6, 6.07) is 7.61. The van der Waals surface area contributed by atoms with Crippen LogP contribution in [0, 0.1) is 11.8 Å². The van der Waals surface area contributed by atoms with E-state index >= 15 is 0 Å². The van der Waals surface area contributed by atoms with Gasteiger partial charge in [0.15, 0.2) is 5.78 Å². The maximum atomic E-state index is 12.1. The number of ketones is 1. The molecule has 1 nitrogen and oxygen atoms in total. The zero-order valence-electron chi connectivity index (χ0n) is 10.2. The molecule has 1 aromatic carbocycles. The van der Waals surface area contributed by atoms with Crippen molar-refractivity contribution in [2.45, 2.75) is 26.7 Å². The Balaban J connectivity index is 2.19. The number of hydrogen-bond donors (Lipinski definition) is 0. The lowest BCUT2D eigenvalue weighted by atomic mass is 9.93. The lowest BCUT2D eigenvalue weighted by Gasteiger charge is -2.10. The molecule has 0 spiro atoms. The Hall–Kier alpha value is -1.08. The number of carbonyl (C=O) groups is 1. The highest BCUT2D eigenvalue weighted by Crippen LogP contribution is 2.33. The summed E-state index contributed by atoms with van der Waals surface area (Å²) in [5.74, 6) is 0.988. The molecule has 0 N–H and O–H groups in total. The van der Waals surface area contributed by atoms with E-state index in [-0.39, 0.29) is 5.92 Å². The van der Waals surface area contributed by atoms with Crippen molar-refractivity contribution in [1.82, 2.24) is 0 Å². The average Bonchev–Trinajstić information content (AvgIpc) is 2.64. The summed E-state index contributed by atoms with van der Waals surface area (Å²) >= 11 is 5.83. The Morgan fingerprint density at radius 3 is 2.47 bits per heavy atom. The van der Waals surface area contributed by atoms with E-state index in [9.17, 15) is 4.79 Å². The lowest BCUT2D eigenvalue weighted by molar-refractivity contribution is -0.118. The molecule has 0 aromatic heterocycles. The van der Waals surface area contributed by atoms with E-state index < -0.39 is 0 Å². The average molecular weight is 249 g/mol.